The number of hydrogen-bond acceptors (Lipinski definition) is 5. The molecule has 0 aromatic heterocycles. The van der Waals surface area contributed by atoms with E-state index in [0.29, 0.717) is 37.6 Å². The van der Waals surface area contributed by atoms with Gasteiger partial charge in [0.2, 0.25) is 21.8 Å². The number of nitrogens with zero attached hydrogens (tertiary/aromatic N) is 3. The first kappa shape index (κ1) is 23.0. The third-order valence-corrected chi connectivity index (χ3v) is 8.98. The molecule has 34 heavy (non-hydrogen) atoms. The van der Waals surface area contributed by atoms with Crippen molar-refractivity contribution >= 4 is 33.2 Å². The van der Waals surface area contributed by atoms with Crippen LogP contribution in [0.3, 0.4) is 0 Å². The van der Waals surface area contributed by atoms with Crippen molar-refractivity contribution in [1.29, 1.82) is 0 Å². The first-order valence-corrected chi connectivity index (χ1v) is 13.0. The molecule has 0 saturated carbocycles. The summed E-state index contributed by atoms with van der Waals surface area (Å²) in [6, 6.07) is 12.6. The fourth-order valence-corrected chi connectivity index (χ4v) is 6.66. The second-order valence-electron chi connectivity index (χ2n) is 9.66. The lowest BCUT2D eigenvalue weighted by Gasteiger charge is -2.27. The lowest BCUT2D eigenvalue weighted by Crippen LogP contribution is -2.46. The van der Waals surface area contributed by atoms with Gasteiger partial charge in [0.15, 0.2) is 0 Å². The Balaban J connectivity index is 1.46. The summed E-state index contributed by atoms with van der Waals surface area (Å²) in [7, 11) is -3.70. The van der Waals surface area contributed by atoms with Crippen LogP contribution in [0.5, 0.6) is 0 Å². The molecule has 0 spiro atoms. The van der Waals surface area contributed by atoms with Crippen LogP contribution in [0.15, 0.2) is 47.4 Å². The van der Waals surface area contributed by atoms with Crippen LogP contribution < -0.4 is 9.80 Å². The summed E-state index contributed by atoms with van der Waals surface area (Å²) in [5.74, 6) is -0.364. The highest BCUT2D eigenvalue weighted by molar-refractivity contribution is 7.89. The summed E-state index contributed by atoms with van der Waals surface area (Å²) in [6.45, 7) is 6.79. The maximum absolute atomic E-state index is 13.4. The van der Waals surface area contributed by atoms with Crippen LogP contribution in [-0.2, 0) is 36.2 Å². The van der Waals surface area contributed by atoms with Gasteiger partial charge in [-0.05, 0) is 62.6 Å². The van der Waals surface area contributed by atoms with Crippen LogP contribution in [-0.4, -0.2) is 63.4 Å². The first-order chi connectivity index (χ1) is 16.1. The normalized spacial score (nSPS) is 22.1. The van der Waals surface area contributed by atoms with Crippen molar-refractivity contribution in [3.05, 3.63) is 53.6 Å². The average Bonchev–Trinajstić information content (AvgIpc) is 3.26. The Morgan fingerprint density at radius 3 is 2.53 bits per heavy atom. The molecule has 3 heterocycles. The van der Waals surface area contributed by atoms with Crippen molar-refractivity contribution in [2.75, 3.05) is 42.6 Å². The topological polar surface area (TPSA) is 87.2 Å². The predicted molar refractivity (Wildman–Crippen MR) is 128 cm³/mol. The molecule has 2 amide bonds. The number of morpholine rings is 1. The monoisotopic (exact) mass is 483 g/mol. The lowest BCUT2D eigenvalue weighted by atomic mass is 9.86. The van der Waals surface area contributed by atoms with E-state index in [1.165, 1.54) is 15.3 Å². The zero-order valence-corrected chi connectivity index (χ0v) is 20.5. The molecule has 1 atom stereocenters. The average molecular weight is 484 g/mol. The molecule has 2 aromatic carbocycles. The Labute approximate surface area is 200 Å². The summed E-state index contributed by atoms with van der Waals surface area (Å²) in [6.07, 6.45) is 0.778. The number of fused-ring (bicyclic) bond motifs is 2. The highest BCUT2D eigenvalue weighted by Crippen LogP contribution is 2.43. The second-order valence-corrected chi connectivity index (χ2v) is 11.6. The number of carbonyl (C=O) groups is 2. The van der Waals surface area contributed by atoms with Crippen LogP contribution in [0.4, 0.5) is 11.4 Å². The van der Waals surface area contributed by atoms with E-state index in [0.717, 1.165) is 17.7 Å². The van der Waals surface area contributed by atoms with E-state index in [1.807, 2.05) is 31.2 Å². The van der Waals surface area contributed by atoms with E-state index < -0.39 is 15.4 Å². The van der Waals surface area contributed by atoms with Gasteiger partial charge in [-0.1, -0.05) is 18.2 Å². The minimum absolute atomic E-state index is 0.0103. The molecular weight excluding hydrogens is 454 g/mol. The number of benzene rings is 2. The molecule has 1 unspecified atom stereocenters. The summed E-state index contributed by atoms with van der Waals surface area (Å²) >= 11 is 0. The number of carbonyl (C=O) groups excluding carboxylic acids is 2. The summed E-state index contributed by atoms with van der Waals surface area (Å²) in [5, 5.41) is 0. The maximum Gasteiger partial charge on any atom is 0.247 e. The van der Waals surface area contributed by atoms with E-state index >= 15 is 0 Å². The number of para-hydroxylation sites is 1. The van der Waals surface area contributed by atoms with Gasteiger partial charge in [0, 0.05) is 30.5 Å². The largest absolute Gasteiger partial charge is 0.379 e. The van der Waals surface area contributed by atoms with Crippen LogP contribution in [0.2, 0.25) is 0 Å². The molecule has 1 fully saturated rings. The Hall–Kier alpha value is -2.75. The molecule has 3 aliphatic rings. The van der Waals surface area contributed by atoms with Gasteiger partial charge < -0.3 is 14.5 Å². The molecule has 8 nitrogen and oxygen atoms in total. The molecule has 5 rings (SSSR count). The lowest BCUT2D eigenvalue weighted by molar-refractivity contribution is -0.124. The number of hydrogen-bond donors (Lipinski definition) is 0. The van der Waals surface area contributed by atoms with Crippen molar-refractivity contribution in [2.45, 2.75) is 43.5 Å². The van der Waals surface area contributed by atoms with Gasteiger partial charge in [0.25, 0.3) is 0 Å². The van der Waals surface area contributed by atoms with E-state index in [1.54, 1.807) is 30.9 Å². The molecule has 0 aliphatic carbocycles. The summed E-state index contributed by atoms with van der Waals surface area (Å²) in [4.78, 5) is 30.2. The van der Waals surface area contributed by atoms with Gasteiger partial charge in [0.05, 0.1) is 23.5 Å². The van der Waals surface area contributed by atoms with Crippen LogP contribution in [0, 0.1) is 0 Å². The standard InChI is InChI=1S/C25H29N3O5S/c1-17-14-18-6-4-5-7-21(18)28(17)23(29)16-27-22-9-8-19(15-20(22)25(2,3)24(27)30)34(31,32)26-10-12-33-13-11-26/h4-9,15,17H,10-14,16H2,1-3H3. The number of rotatable bonds is 4. The van der Waals surface area contributed by atoms with Crippen molar-refractivity contribution in [3.63, 3.8) is 0 Å². The number of ether oxygens (including phenoxy) is 1. The molecule has 0 N–H and O–H groups in total. The Morgan fingerprint density at radius 1 is 1.09 bits per heavy atom. The third kappa shape index (κ3) is 3.54. The Morgan fingerprint density at radius 2 is 1.79 bits per heavy atom. The van der Waals surface area contributed by atoms with Gasteiger partial charge in [-0.2, -0.15) is 4.31 Å². The van der Waals surface area contributed by atoms with E-state index in [4.69, 9.17) is 4.74 Å². The van der Waals surface area contributed by atoms with Crippen molar-refractivity contribution < 1.29 is 22.7 Å². The minimum Gasteiger partial charge on any atom is -0.379 e. The van der Waals surface area contributed by atoms with Gasteiger partial charge in [-0.3, -0.25) is 9.59 Å². The molecule has 180 valence electrons. The maximum atomic E-state index is 13.4. The molecular formula is C25H29N3O5S. The van der Waals surface area contributed by atoms with E-state index in [9.17, 15) is 18.0 Å². The zero-order valence-electron chi connectivity index (χ0n) is 19.7. The first-order valence-electron chi connectivity index (χ1n) is 11.6. The van der Waals surface area contributed by atoms with Gasteiger partial charge in [-0.25, -0.2) is 8.42 Å². The zero-order chi connectivity index (χ0) is 24.3. The Kier molecular flexibility index (Phi) is 5.54. The second kappa shape index (κ2) is 8.18. The predicted octanol–water partition coefficient (Wildman–Crippen LogP) is 2.31. The number of anilines is 2. The SMILES string of the molecule is CC1Cc2ccccc2N1C(=O)CN1C(=O)C(C)(C)c2cc(S(=O)(=O)N3CCOCC3)ccc21. The van der Waals surface area contributed by atoms with Crippen LogP contribution in [0.25, 0.3) is 0 Å². The van der Waals surface area contributed by atoms with Gasteiger partial charge in [-0.15, -0.1) is 0 Å². The molecule has 3 aliphatic heterocycles. The highest BCUT2D eigenvalue weighted by Gasteiger charge is 2.46. The molecule has 2 aromatic rings. The van der Waals surface area contributed by atoms with Crippen molar-refractivity contribution in [1.82, 2.24) is 4.31 Å². The number of amides is 2. The number of sulfonamides is 1. The van der Waals surface area contributed by atoms with Crippen molar-refractivity contribution in [3.8, 4) is 0 Å². The van der Waals surface area contributed by atoms with Gasteiger partial charge in [0.1, 0.15) is 6.54 Å². The van der Waals surface area contributed by atoms with Crippen LogP contribution in [0.1, 0.15) is 31.9 Å². The third-order valence-electron chi connectivity index (χ3n) is 7.09. The van der Waals surface area contributed by atoms with Crippen LogP contribution >= 0.6 is 0 Å². The molecule has 1 saturated heterocycles. The smallest absolute Gasteiger partial charge is 0.247 e. The molecule has 0 radical (unpaired) electrons. The highest BCUT2D eigenvalue weighted by atomic mass is 32.2. The Bertz CT molecular complexity index is 1270. The molecule has 0 bridgehead atoms. The van der Waals surface area contributed by atoms with E-state index in [2.05, 4.69) is 0 Å². The fraction of sp³-hybridized carbons (Fsp3) is 0.440. The fourth-order valence-electron chi connectivity index (χ4n) is 5.22. The molecule has 9 heteroatoms. The van der Waals surface area contributed by atoms with Crippen molar-refractivity contribution in [2.24, 2.45) is 0 Å². The van der Waals surface area contributed by atoms with E-state index in [-0.39, 0.29) is 29.3 Å². The summed E-state index contributed by atoms with van der Waals surface area (Å²) in [5.41, 5.74) is 2.27. The quantitative estimate of drug-likeness (QED) is 0.666. The summed E-state index contributed by atoms with van der Waals surface area (Å²) < 4.78 is 33.0. The van der Waals surface area contributed by atoms with Gasteiger partial charge >= 0.3 is 0 Å². The minimum atomic E-state index is -3.70.